The number of carbonyl (C=O) groups excluding carboxylic acids is 3. The summed E-state index contributed by atoms with van der Waals surface area (Å²) < 4.78 is 55.2. The number of fused-ring (bicyclic) bond motifs is 1. The first kappa shape index (κ1) is 35.5. The van der Waals surface area contributed by atoms with E-state index in [1.54, 1.807) is 27.0 Å². The lowest BCUT2D eigenvalue weighted by Crippen LogP contribution is -2.33. The van der Waals surface area contributed by atoms with Gasteiger partial charge in [-0.1, -0.05) is 0 Å². The number of halogens is 3. The number of hydrogen-bond acceptors (Lipinski definition) is 9. The highest BCUT2D eigenvalue weighted by molar-refractivity contribution is 7.98. The zero-order chi connectivity index (χ0) is 34.5. The number of nitrogens with zero attached hydrogens (tertiary/aromatic N) is 3. The largest absolute Gasteiger partial charge is 0.456 e. The summed E-state index contributed by atoms with van der Waals surface area (Å²) in [5, 5.41) is 5.51. The average molecular weight is 674 g/mol. The molecule has 252 valence electrons. The van der Waals surface area contributed by atoms with Crippen LogP contribution < -0.4 is 15.5 Å². The van der Waals surface area contributed by atoms with Gasteiger partial charge in [-0.2, -0.15) is 0 Å². The monoisotopic (exact) mass is 673 g/mol. The summed E-state index contributed by atoms with van der Waals surface area (Å²) in [6.07, 6.45) is 4.39. The number of ether oxygens (including phenoxy) is 2. The Bertz CT molecular complexity index is 1640. The highest BCUT2D eigenvalue weighted by Crippen LogP contribution is 2.42. The van der Waals surface area contributed by atoms with E-state index in [-0.39, 0.29) is 5.69 Å². The van der Waals surface area contributed by atoms with Crippen molar-refractivity contribution in [2.75, 3.05) is 36.6 Å². The van der Waals surface area contributed by atoms with E-state index in [0.29, 0.717) is 60.7 Å². The predicted octanol–water partition coefficient (Wildman–Crippen LogP) is 6.83. The molecule has 3 aromatic rings. The highest BCUT2D eigenvalue weighted by atomic mass is 32.2. The van der Waals surface area contributed by atoms with Crippen molar-refractivity contribution in [1.29, 1.82) is 0 Å². The normalized spacial score (nSPS) is 13.9. The number of nitrogens with one attached hydrogen (secondary N) is 2. The predicted molar refractivity (Wildman–Crippen MR) is 173 cm³/mol. The molecule has 0 bridgehead atoms. The van der Waals surface area contributed by atoms with Gasteiger partial charge in [0.05, 0.1) is 28.8 Å². The average Bonchev–Trinajstić information content (AvgIpc) is 3.37. The van der Waals surface area contributed by atoms with Crippen molar-refractivity contribution >= 4 is 41.1 Å². The van der Waals surface area contributed by atoms with Crippen LogP contribution in [-0.4, -0.2) is 59.9 Å². The first-order valence-electron chi connectivity index (χ1n) is 15.1. The molecule has 2 N–H and O–H groups in total. The standard InChI is InChI=1S/C33H38F3N5O5S/c1-18(42)45-26-12-9-20-28(26)38-17-25(30(20)41(5)14-8-7-13-37-32(44)46-33(2,3)4)40-31(43)24-11-10-21(34)29(39-24)27-22(35)15-19(47-6)16-23(27)36/h10-11,15-17,26H,7-9,12-14H2,1-6H3,(H,37,44)(H,40,43). The molecule has 0 fully saturated rings. The number of benzene rings is 1. The maximum Gasteiger partial charge on any atom is 0.407 e. The van der Waals surface area contributed by atoms with Gasteiger partial charge in [0, 0.05) is 37.5 Å². The molecule has 14 heteroatoms. The molecule has 0 saturated carbocycles. The fourth-order valence-corrected chi connectivity index (χ4v) is 5.69. The summed E-state index contributed by atoms with van der Waals surface area (Å²) >= 11 is 1.12. The van der Waals surface area contributed by atoms with Gasteiger partial charge in [0.15, 0.2) is 0 Å². The summed E-state index contributed by atoms with van der Waals surface area (Å²) in [7, 11) is 1.84. The molecule has 2 amide bonds. The summed E-state index contributed by atoms with van der Waals surface area (Å²) in [5.74, 6) is -4.19. The zero-order valence-corrected chi connectivity index (χ0v) is 27.9. The Labute approximate surface area is 275 Å². The van der Waals surface area contributed by atoms with Crippen LogP contribution in [0, 0.1) is 17.5 Å². The topological polar surface area (TPSA) is 123 Å². The molecule has 1 atom stereocenters. The second kappa shape index (κ2) is 15.1. The second-order valence-electron chi connectivity index (χ2n) is 12.0. The fourth-order valence-electron chi connectivity index (χ4n) is 5.25. The lowest BCUT2D eigenvalue weighted by atomic mass is 10.1. The van der Waals surface area contributed by atoms with Gasteiger partial charge < -0.3 is 25.0 Å². The van der Waals surface area contributed by atoms with Crippen LogP contribution in [-0.2, 0) is 20.7 Å². The molecule has 10 nitrogen and oxygen atoms in total. The SMILES string of the molecule is CSc1cc(F)c(-c2nc(C(=O)Nc3cnc4c(c3N(C)CCCCNC(=O)OC(C)(C)C)CCC4OC(C)=O)ccc2F)c(F)c1. The van der Waals surface area contributed by atoms with Crippen LogP contribution in [0.25, 0.3) is 11.3 Å². The molecule has 4 rings (SSSR count). The molecule has 1 unspecified atom stereocenters. The Kier molecular flexibility index (Phi) is 11.4. The van der Waals surface area contributed by atoms with Crippen LogP contribution in [0.3, 0.4) is 0 Å². The van der Waals surface area contributed by atoms with E-state index in [2.05, 4.69) is 20.6 Å². The van der Waals surface area contributed by atoms with E-state index >= 15 is 0 Å². The van der Waals surface area contributed by atoms with Gasteiger partial charge in [-0.25, -0.2) is 22.9 Å². The van der Waals surface area contributed by atoms with Gasteiger partial charge in [-0.15, -0.1) is 11.8 Å². The molecule has 1 aliphatic rings. The number of unbranched alkanes of at least 4 members (excludes halogenated alkanes) is 1. The smallest absolute Gasteiger partial charge is 0.407 e. The van der Waals surface area contributed by atoms with Crippen molar-refractivity contribution < 1.29 is 37.0 Å². The molecule has 1 aromatic carbocycles. The van der Waals surface area contributed by atoms with Crippen LogP contribution in [0.1, 0.15) is 74.8 Å². The van der Waals surface area contributed by atoms with Gasteiger partial charge in [-0.05, 0) is 77.0 Å². The van der Waals surface area contributed by atoms with Crippen molar-refractivity contribution in [3.8, 4) is 11.3 Å². The molecule has 47 heavy (non-hydrogen) atoms. The fraction of sp³-hybridized carbons (Fsp3) is 0.424. The second-order valence-corrected chi connectivity index (χ2v) is 12.9. The number of aromatic nitrogens is 2. The van der Waals surface area contributed by atoms with E-state index in [4.69, 9.17) is 9.47 Å². The maximum atomic E-state index is 14.8. The van der Waals surface area contributed by atoms with Gasteiger partial charge in [-0.3, -0.25) is 14.6 Å². The van der Waals surface area contributed by atoms with Crippen molar-refractivity contribution in [3.05, 3.63) is 64.9 Å². The molecule has 2 aromatic heterocycles. The molecule has 0 saturated heterocycles. The molecule has 0 aliphatic heterocycles. The number of esters is 1. The molecular formula is C33H38F3N5O5S. The number of hydrogen-bond donors (Lipinski definition) is 2. The third-order valence-corrected chi connectivity index (χ3v) is 7.94. The molecule has 0 radical (unpaired) electrons. The molecular weight excluding hydrogens is 635 g/mol. The van der Waals surface area contributed by atoms with Crippen molar-refractivity contribution in [2.45, 2.75) is 70.0 Å². The quantitative estimate of drug-likeness (QED) is 0.128. The number of pyridine rings is 2. The zero-order valence-electron chi connectivity index (χ0n) is 27.1. The number of rotatable bonds is 11. The first-order chi connectivity index (χ1) is 22.2. The number of carbonyl (C=O) groups is 3. The van der Waals surface area contributed by atoms with E-state index in [0.717, 1.165) is 41.6 Å². The Morgan fingerprint density at radius 3 is 2.43 bits per heavy atom. The van der Waals surface area contributed by atoms with Crippen LogP contribution in [0.5, 0.6) is 0 Å². The minimum absolute atomic E-state index is 0.269. The lowest BCUT2D eigenvalue weighted by Gasteiger charge is -2.26. The van der Waals surface area contributed by atoms with E-state index in [9.17, 15) is 27.6 Å². The van der Waals surface area contributed by atoms with E-state index in [1.165, 1.54) is 13.1 Å². The van der Waals surface area contributed by atoms with Gasteiger partial charge in [0.1, 0.15) is 40.5 Å². The van der Waals surface area contributed by atoms with Crippen LogP contribution in [0.15, 0.2) is 35.4 Å². The van der Waals surface area contributed by atoms with Crippen molar-refractivity contribution in [2.24, 2.45) is 0 Å². The van der Waals surface area contributed by atoms with Crippen molar-refractivity contribution in [1.82, 2.24) is 15.3 Å². The number of amides is 2. The Balaban J connectivity index is 1.57. The summed E-state index contributed by atoms with van der Waals surface area (Å²) in [6, 6.07) is 4.21. The van der Waals surface area contributed by atoms with Crippen LogP contribution in [0.2, 0.25) is 0 Å². The van der Waals surface area contributed by atoms with E-state index < -0.39 is 58.4 Å². The minimum Gasteiger partial charge on any atom is -0.456 e. The summed E-state index contributed by atoms with van der Waals surface area (Å²) in [5.41, 5.74) is 0.150. The minimum atomic E-state index is -1.01. The highest BCUT2D eigenvalue weighted by Gasteiger charge is 2.32. The summed E-state index contributed by atoms with van der Waals surface area (Å²) in [6.45, 7) is 7.60. The van der Waals surface area contributed by atoms with Gasteiger partial charge >= 0.3 is 12.1 Å². The van der Waals surface area contributed by atoms with Gasteiger partial charge in [0.25, 0.3) is 5.91 Å². The Morgan fingerprint density at radius 2 is 1.79 bits per heavy atom. The Morgan fingerprint density at radius 1 is 1.09 bits per heavy atom. The van der Waals surface area contributed by atoms with E-state index in [1.807, 2.05) is 11.9 Å². The maximum absolute atomic E-state index is 14.8. The molecule has 2 heterocycles. The van der Waals surface area contributed by atoms with Crippen molar-refractivity contribution in [3.63, 3.8) is 0 Å². The number of thioether (sulfide) groups is 1. The number of anilines is 2. The van der Waals surface area contributed by atoms with Crippen LogP contribution in [0.4, 0.5) is 29.3 Å². The summed E-state index contributed by atoms with van der Waals surface area (Å²) in [4.78, 5) is 47.9. The van der Waals surface area contributed by atoms with Gasteiger partial charge in [0.2, 0.25) is 0 Å². The Hall–Kier alpha value is -4.33. The first-order valence-corrected chi connectivity index (χ1v) is 16.3. The lowest BCUT2D eigenvalue weighted by molar-refractivity contribution is -0.146. The molecule has 1 aliphatic carbocycles. The number of alkyl carbamates (subject to hydrolysis) is 1. The third kappa shape index (κ3) is 8.93. The van der Waals surface area contributed by atoms with Crippen LogP contribution >= 0.6 is 11.8 Å². The molecule has 0 spiro atoms. The third-order valence-electron chi connectivity index (χ3n) is 7.24.